The van der Waals surface area contributed by atoms with Gasteiger partial charge in [-0.15, -0.1) is 0 Å². The van der Waals surface area contributed by atoms with Crippen LogP contribution in [0.5, 0.6) is 0 Å². The fraction of sp³-hybridized carbons (Fsp3) is 0.840. The summed E-state index contributed by atoms with van der Waals surface area (Å²) in [4.78, 5) is 24.3. The molecule has 6 rings (SSSR count). The van der Waals surface area contributed by atoms with E-state index in [1.807, 2.05) is 6.08 Å². The fourth-order valence-electron chi connectivity index (χ4n) is 9.38. The van der Waals surface area contributed by atoms with Crippen molar-refractivity contribution in [3.8, 4) is 0 Å². The van der Waals surface area contributed by atoms with Crippen LogP contribution in [-0.4, -0.2) is 17.4 Å². The summed E-state index contributed by atoms with van der Waals surface area (Å²) in [5.74, 6) is 5.50. The Labute approximate surface area is 168 Å². The van der Waals surface area contributed by atoms with Gasteiger partial charge in [-0.3, -0.25) is 9.59 Å². The van der Waals surface area contributed by atoms with Gasteiger partial charge in [0.05, 0.1) is 0 Å². The monoisotopic (exact) mass is 382 g/mol. The highest BCUT2D eigenvalue weighted by Crippen LogP contribution is 2.79. The van der Waals surface area contributed by atoms with Crippen molar-refractivity contribution >= 4 is 11.8 Å². The highest BCUT2D eigenvalue weighted by atomic mass is 16.6. The number of hydrogen-bond acceptors (Lipinski definition) is 3. The predicted octanol–water partition coefficient (Wildman–Crippen LogP) is 5.09. The SMILES string of the molecule is CCC[C@@H]1CC2=CC(=O)CCC2C2CCC3(C)C(C4CC4C34CCC(=O)O4)C21. The minimum absolute atomic E-state index is 0.0550. The van der Waals surface area contributed by atoms with E-state index in [1.165, 1.54) is 37.7 Å². The van der Waals surface area contributed by atoms with Crippen LogP contribution in [0.15, 0.2) is 11.6 Å². The normalized spacial score (nSPS) is 53.8. The lowest BCUT2D eigenvalue weighted by Gasteiger charge is -2.59. The molecule has 5 fully saturated rings. The minimum atomic E-state index is -0.139. The first-order valence-corrected chi connectivity index (χ1v) is 11.9. The predicted molar refractivity (Wildman–Crippen MR) is 106 cm³/mol. The smallest absolute Gasteiger partial charge is 0.306 e. The van der Waals surface area contributed by atoms with E-state index in [0.29, 0.717) is 24.0 Å². The zero-order valence-corrected chi connectivity index (χ0v) is 17.4. The Kier molecular flexibility index (Phi) is 3.62. The third-order valence-electron chi connectivity index (χ3n) is 10.2. The highest BCUT2D eigenvalue weighted by molar-refractivity contribution is 5.91. The second-order valence-electron chi connectivity index (χ2n) is 11.2. The summed E-state index contributed by atoms with van der Waals surface area (Å²) in [6, 6.07) is 0. The molecule has 0 radical (unpaired) electrons. The Morgan fingerprint density at radius 3 is 2.75 bits per heavy atom. The molecule has 1 saturated heterocycles. The molecule has 3 heteroatoms. The van der Waals surface area contributed by atoms with Gasteiger partial charge in [0.2, 0.25) is 0 Å². The van der Waals surface area contributed by atoms with Crippen molar-refractivity contribution in [2.45, 2.75) is 83.7 Å². The molecular weight excluding hydrogens is 348 g/mol. The number of hydrogen-bond donors (Lipinski definition) is 0. The van der Waals surface area contributed by atoms with E-state index in [4.69, 9.17) is 4.74 Å². The van der Waals surface area contributed by atoms with Crippen molar-refractivity contribution in [2.24, 2.45) is 46.8 Å². The number of allylic oxidation sites excluding steroid dienone is 1. The first kappa shape index (κ1) is 17.7. The van der Waals surface area contributed by atoms with Crippen LogP contribution in [-0.2, 0) is 14.3 Å². The Morgan fingerprint density at radius 1 is 1.14 bits per heavy atom. The van der Waals surface area contributed by atoms with E-state index in [2.05, 4.69) is 13.8 Å². The summed E-state index contributed by atoms with van der Waals surface area (Å²) in [5, 5.41) is 0. The molecule has 0 aromatic carbocycles. The lowest BCUT2D eigenvalue weighted by atomic mass is 9.46. The molecule has 152 valence electrons. The van der Waals surface area contributed by atoms with Crippen LogP contribution in [0.3, 0.4) is 0 Å². The molecule has 6 aliphatic rings. The number of carbonyl (C=O) groups is 2. The van der Waals surface area contributed by atoms with Crippen LogP contribution >= 0.6 is 0 Å². The number of fused-ring (bicyclic) bond motifs is 9. The van der Waals surface area contributed by atoms with Gasteiger partial charge in [0, 0.05) is 24.2 Å². The van der Waals surface area contributed by atoms with Crippen LogP contribution in [0.4, 0.5) is 0 Å². The second-order valence-corrected chi connectivity index (χ2v) is 11.2. The summed E-state index contributed by atoms with van der Waals surface area (Å²) >= 11 is 0. The van der Waals surface area contributed by atoms with E-state index in [1.54, 1.807) is 0 Å². The summed E-state index contributed by atoms with van der Waals surface area (Å²) < 4.78 is 6.24. The standard InChI is InChI=1S/C25H34O3/c1-3-4-14-11-15-12-16(26)5-6-17(15)18-7-9-24(2)23(22(14)18)19-13-20(19)25(24)10-8-21(27)28-25/h12,14,17-20,22-23H,3-11,13H2,1-2H3/t14-,17?,18?,19?,20?,22?,23?,24?,25?/m1/s1. The third kappa shape index (κ3) is 2.07. The Hall–Kier alpha value is -1.12. The second kappa shape index (κ2) is 5.73. The summed E-state index contributed by atoms with van der Waals surface area (Å²) in [6.07, 6.45) is 12.9. The van der Waals surface area contributed by atoms with Gasteiger partial charge < -0.3 is 4.74 Å². The van der Waals surface area contributed by atoms with Crippen molar-refractivity contribution in [1.82, 2.24) is 0 Å². The summed E-state index contributed by atoms with van der Waals surface area (Å²) in [5.41, 5.74) is 1.54. The molecule has 0 aromatic heterocycles. The molecule has 1 aliphatic heterocycles. The molecule has 0 amide bonds. The first-order chi connectivity index (χ1) is 13.5. The summed E-state index contributed by atoms with van der Waals surface area (Å²) in [7, 11) is 0. The zero-order valence-electron chi connectivity index (χ0n) is 17.4. The number of ether oxygens (including phenoxy) is 1. The van der Waals surface area contributed by atoms with E-state index in [9.17, 15) is 9.59 Å². The lowest BCUT2D eigenvalue weighted by Crippen LogP contribution is -2.56. The largest absolute Gasteiger partial charge is 0.458 e. The summed E-state index contributed by atoms with van der Waals surface area (Å²) in [6.45, 7) is 4.82. The molecule has 8 unspecified atom stereocenters. The van der Waals surface area contributed by atoms with Crippen LogP contribution < -0.4 is 0 Å². The van der Waals surface area contributed by atoms with Crippen molar-refractivity contribution in [3.63, 3.8) is 0 Å². The van der Waals surface area contributed by atoms with Crippen LogP contribution in [0, 0.1) is 46.8 Å². The number of rotatable bonds is 2. The fourth-order valence-corrected chi connectivity index (χ4v) is 9.38. The Bertz CT molecular complexity index is 768. The van der Waals surface area contributed by atoms with Crippen molar-refractivity contribution in [3.05, 3.63) is 11.6 Å². The van der Waals surface area contributed by atoms with Gasteiger partial charge >= 0.3 is 5.97 Å². The maximum Gasteiger partial charge on any atom is 0.306 e. The highest BCUT2D eigenvalue weighted by Gasteiger charge is 2.79. The quantitative estimate of drug-likeness (QED) is 0.625. The average Bonchev–Trinajstić information content (AvgIpc) is 3.30. The molecule has 1 spiro atoms. The van der Waals surface area contributed by atoms with Crippen molar-refractivity contribution < 1.29 is 14.3 Å². The van der Waals surface area contributed by atoms with E-state index in [0.717, 1.165) is 55.3 Å². The molecule has 0 bridgehead atoms. The molecule has 9 atom stereocenters. The molecule has 1 heterocycles. The number of esters is 1. The molecular formula is C25H34O3. The van der Waals surface area contributed by atoms with Gasteiger partial charge in [0.15, 0.2) is 5.78 Å². The maximum absolute atomic E-state index is 12.2. The Balaban J connectivity index is 1.41. The lowest BCUT2D eigenvalue weighted by molar-refractivity contribution is -0.177. The zero-order chi connectivity index (χ0) is 19.3. The molecule has 3 nitrogen and oxygen atoms in total. The van der Waals surface area contributed by atoms with Crippen LogP contribution in [0.25, 0.3) is 0 Å². The average molecular weight is 383 g/mol. The molecule has 0 aromatic rings. The first-order valence-electron chi connectivity index (χ1n) is 11.9. The number of ketones is 1. The van der Waals surface area contributed by atoms with Crippen LogP contribution in [0.2, 0.25) is 0 Å². The van der Waals surface area contributed by atoms with Gasteiger partial charge in [0.1, 0.15) is 5.60 Å². The van der Waals surface area contributed by atoms with E-state index < -0.39 is 0 Å². The van der Waals surface area contributed by atoms with Crippen molar-refractivity contribution in [1.29, 1.82) is 0 Å². The molecule has 0 N–H and O–H groups in total. The van der Waals surface area contributed by atoms with Gasteiger partial charge in [-0.2, -0.15) is 0 Å². The Morgan fingerprint density at radius 2 is 2.00 bits per heavy atom. The minimum Gasteiger partial charge on any atom is -0.458 e. The van der Waals surface area contributed by atoms with Crippen molar-refractivity contribution in [2.75, 3.05) is 0 Å². The topological polar surface area (TPSA) is 43.4 Å². The van der Waals surface area contributed by atoms with Crippen LogP contribution in [0.1, 0.15) is 78.1 Å². The van der Waals surface area contributed by atoms with E-state index in [-0.39, 0.29) is 17.0 Å². The number of carbonyl (C=O) groups excluding carboxylic acids is 2. The van der Waals surface area contributed by atoms with Gasteiger partial charge in [-0.1, -0.05) is 32.3 Å². The van der Waals surface area contributed by atoms with Gasteiger partial charge in [-0.05, 0) is 80.1 Å². The van der Waals surface area contributed by atoms with E-state index >= 15 is 0 Å². The molecule has 5 aliphatic carbocycles. The molecule has 28 heavy (non-hydrogen) atoms. The molecule has 4 saturated carbocycles. The van der Waals surface area contributed by atoms with Gasteiger partial charge in [0.25, 0.3) is 0 Å². The maximum atomic E-state index is 12.2. The third-order valence-corrected chi connectivity index (χ3v) is 10.2. The van der Waals surface area contributed by atoms with Gasteiger partial charge in [-0.25, -0.2) is 0 Å².